The van der Waals surface area contributed by atoms with Crippen LogP contribution in [0.15, 0.2) is 102 Å². The number of hydrogen-bond donors (Lipinski definition) is 0. The second-order valence-electron chi connectivity index (χ2n) is 9.58. The van der Waals surface area contributed by atoms with Gasteiger partial charge in [-0.25, -0.2) is 4.98 Å². The minimum atomic E-state index is 0.334. The smallest absolute Gasteiger partial charge is 0.146 e. The van der Waals surface area contributed by atoms with Gasteiger partial charge in [-0.15, -0.1) is 0 Å². The van der Waals surface area contributed by atoms with Crippen LogP contribution in [-0.4, -0.2) is 34.4 Å². The number of rotatable bonds is 6. The van der Waals surface area contributed by atoms with Crippen LogP contribution in [0.5, 0.6) is 0 Å². The molecule has 186 valence electrons. The summed E-state index contributed by atoms with van der Waals surface area (Å²) >= 11 is 0. The van der Waals surface area contributed by atoms with E-state index in [9.17, 15) is 0 Å². The first kappa shape index (κ1) is 23.4. The Labute approximate surface area is 217 Å². The van der Waals surface area contributed by atoms with Crippen molar-refractivity contribution in [1.29, 1.82) is 0 Å². The van der Waals surface area contributed by atoms with Crippen molar-refractivity contribution in [3.05, 3.63) is 108 Å². The number of fused-ring (bicyclic) bond motifs is 1. The highest BCUT2D eigenvalue weighted by Crippen LogP contribution is 2.39. The first-order valence-corrected chi connectivity index (χ1v) is 13.1. The van der Waals surface area contributed by atoms with E-state index < -0.39 is 0 Å². The van der Waals surface area contributed by atoms with Crippen molar-refractivity contribution in [3.63, 3.8) is 0 Å². The maximum absolute atomic E-state index is 5.66. The lowest BCUT2D eigenvalue weighted by Gasteiger charge is -2.25. The molecular formula is C32H32N4O. The molecule has 37 heavy (non-hydrogen) atoms. The van der Waals surface area contributed by atoms with Gasteiger partial charge >= 0.3 is 0 Å². The molecule has 5 nitrogen and oxygen atoms in total. The largest absolute Gasteiger partial charge is 0.381 e. The highest BCUT2D eigenvalue weighted by atomic mass is 16.5. The third-order valence-corrected chi connectivity index (χ3v) is 7.38. The van der Waals surface area contributed by atoms with Crippen LogP contribution in [0.1, 0.15) is 24.4 Å². The summed E-state index contributed by atoms with van der Waals surface area (Å²) in [6, 6.07) is 32.4. The molecule has 0 spiro atoms. The Hall–Kier alpha value is -3.96. The summed E-state index contributed by atoms with van der Waals surface area (Å²) in [7, 11) is 1.91. The zero-order valence-electron chi connectivity index (χ0n) is 21.3. The van der Waals surface area contributed by atoms with Crippen LogP contribution in [0.3, 0.4) is 0 Å². The van der Waals surface area contributed by atoms with Crippen molar-refractivity contribution in [2.24, 2.45) is 4.99 Å². The van der Waals surface area contributed by atoms with E-state index in [1.807, 2.05) is 13.4 Å². The molecule has 5 aromatic rings. The molecular weight excluding hydrogens is 456 g/mol. The minimum Gasteiger partial charge on any atom is -0.381 e. The Bertz CT molecular complexity index is 1550. The first-order valence-electron chi connectivity index (χ1n) is 13.1. The van der Waals surface area contributed by atoms with Crippen LogP contribution in [0.4, 0.5) is 0 Å². The Balaban J connectivity index is 1.66. The van der Waals surface area contributed by atoms with Gasteiger partial charge in [0.05, 0.1) is 17.4 Å². The van der Waals surface area contributed by atoms with Gasteiger partial charge in [0.25, 0.3) is 0 Å². The monoisotopic (exact) mass is 488 g/mol. The molecule has 1 aliphatic heterocycles. The Kier molecular flexibility index (Phi) is 6.70. The number of aromatic nitrogens is 3. The molecule has 2 aromatic heterocycles. The van der Waals surface area contributed by atoms with E-state index in [2.05, 4.69) is 100 Å². The molecule has 0 atom stereocenters. The van der Waals surface area contributed by atoms with Crippen LogP contribution in [0.25, 0.3) is 33.4 Å². The molecule has 3 heterocycles. The zero-order valence-corrected chi connectivity index (χ0v) is 21.3. The van der Waals surface area contributed by atoms with Gasteiger partial charge in [-0.2, -0.15) is 0 Å². The lowest BCUT2D eigenvalue weighted by atomic mass is 9.99. The fourth-order valence-electron chi connectivity index (χ4n) is 5.60. The van der Waals surface area contributed by atoms with E-state index in [0.717, 1.165) is 55.5 Å². The van der Waals surface area contributed by atoms with Crippen molar-refractivity contribution >= 4 is 11.0 Å². The third-order valence-electron chi connectivity index (χ3n) is 7.38. The second kappa shape index (κ2) is 10.6. The minimum absolute atomic E-state index is 0.334. The normalized spacial score (nSPS) is 14.9. The highest BCUT2D eigenvalue weighted by molar-refractivity contribution is 6.02. The summed E-state index contributed by atoms with van der Waals surface area (Å²) in [4.78, 5) is 10.0. The Morgan fingerprint density at radius 1 is 0.838 bits per heavy atom. The number of benzene rings is 3. The summed E-state index contributed by atoms with van der Waals surface area (Å²) in [6.07, 6.45) is 4.87. The Morgan fingerprint density at radius 2 is 1.46 bits per heavy atom. The maximum Gasteiger partial charge on any atom is 0.146 e. The van der Waals surface area contributed by atoms with Gasteiger partial charge in [0.1, 0.15) is 11.1 Å². The molecule has 1 saturated heterocycles. The molecule has 0 radical (unpaired) electrons. The molecule has 0 saturated carbocycles. The number of ether oxygens (including phenoxy) is 1. The number of nitrogens with zero attached hydrogens (tertiary/aromatic N) is 4. The SMILES string of the molecule is CN=c1c2c(-c3ccccc3)c(-c3ccccc3)n(CCc3ccccc3)c2ncn1C1CCOCC1. The molecule has 1 aliphatic rings. The van der Waals surface area contributed by atoms with Crippen LogP contribution in [0.2, 0.25) is 0 Å². The van der Waals surface area contributed by atoms with Gasteiger partial charge in [-0.05, 0) is 36.0 Å². The van der Waals surface area contributed by atoms with E-state index >= 15 is 0 Å². The highest BCUT2D eigenvalue weighted by Gasteiger charge is 2.25. The standard InChI is InChI=1S/C32H32N4O/c1-33-31-29-28(25-13-7-3-8-14-25)30(26-15-9-4-10-16-26)35(20-17-24-11-5-2-6-12-24)32(29)34-23-36(31)27-18-21-37-22-19-27/h2-16,23,27H,17-22H2,1H3. The summed E-state index contributed by atoms with van der Waals surface area (Å²) in [5, 5.41) is 1.12. The number of hydrogen-bond acceptors (Lipinski definition) is 3. The quantitative estimate of drug-likeness (QED) is 0.282. The molecule has 0 aliphatic carbocycles. The van der Waals surface area contributed by atoms with Crippen molar-refractivity contribution in [2.45, 2.75) is 31.8 Å². The molecule has 5 heteroatoms. The van der Waals surface area contributed by atoms with E-state index in [1.165, 1.54) is 27.9 Å². The van der Waals surface area contributed by atoms with Gasteiger partial charge < -0.3 is 13.9 Å². The lowest BCUT2D eigenvalue weighted by Crippen LogP contribution is -2.30. The molecule has 6 rings (SSSR count). The molecule has 0 bridgehead atoms. The van der Waals surface area contributed by atoms with Crippen molar-refractivity contribution < 1.29 is 4.74 Å². The van der Waals surface area contributed by atoms with Gasteiger partial charge in [-0.1, -0.05) is 91.0 Å². The van der Waals surface area contributed by atoms with Crippen LogP contribution in [0, 0.1) is 0 Å². The summed E-state index contributed by atoms with van der Waals surface area (Å²) < 4.78 is 10.4. The second-order valence-corrected chi connectivity index (χ2v) is 9.58. The van der Waals surface area contributed by atoms with E-state index in [1.54, 1.807) is 0 Å². The van der Waals surface area contributed by atoms with Crippen molar-refractivity contribution in [3.8, 4) is 22.4 Å². The fraction of sp³-hybridized carbons (Fsp3) is 0.250. The Morgan fingerprint density at radius 3 is 2.11 bits per heavy atom. The van der Waals surface area contributed by atoms with Crippen LogP contribution < -0.4 is 5.49 Å². The molecule has 3 aromatic carbocycles. The lowest BCUT2D eigenvalue weighted by molar-refractivity contribution is 0.0683. The van der Waals surface area contributed by atoms with Gasteiger partial charge in [0, 0.05) is 38.4 Å². The van der Waals surface area contributed by atoms with Crippen molar-refractivity contribution in [2.75, 3.05) is 20.3 Å². The summed E-state index contributed by atoms with van der Waals surface area (Å²) in [5.41, 5.74) is 8.06. The molecule has 0 amide bonds. The average Bonchev–Trinajstić information content (AvgIpc) is 3.32. The third kappa shape index (κ3) is 4.51. The van der Waals surface area contributed by atoms with Crippen LogP contribution in [-0.2, 0) is 17.7 Å². The van der Waals surface area contributed by atoms with Gasteiger partial charge in [0.15, 0.2) is 0 Å². The average molecular weight is 489 g/mol. The fourth-order valence-corrected chi connectivity index (χ4v) is 5.60. The number of aryl methyl sites for hydroxylation is 2. The van der Waals surface area contributed by atoms with E-state index in [0.29, 0.717) is 6.04 Å². The summed E-state index contributed by atoms with van der Waals surface area (Å²) in [5.74, 6) is 0. The predicted molar refractivity (Wildman–Crippen MR) is 149 cm³/mol. The molecule has 1 fully saturated rings. The van der Waals surface area contributed by atoms with Crippen LogP contribution >= 0.6 is 0 Å². The molecule has 0 N–H and O–H groups in total. The zero-order chi connectivity index (χ0) is 25.0. The summed E-state index contributed by atoms with van der Waals surface area (Å²) in [6.45, 7) is 2.38. The first-order chi connectivity index (χ1) is 18.3. The predicted octanol–water partition coefficient (Wildman–Crippen LogP) is 6.30. The molecule has 0 unspecified atom stereocenters. The van der Waals surface area contributed by atoms with Crippen molar-refractivity contribution in [1.82, 2.24) is 14.1 Å². The van der Waals surface area contributed by atoms with Gasteiger partial charge in [0.2, 0.25) is 0 Å². The van der Waals surface area contributed by atoms with Gasteiger partial charge in [-0.3, -0.25) is 4.99 Å². The topological polar surface area (TPSA) is 44.3 Å². The maximum atomic E-state index is 5.66. The van der Waals surface area contributed by atoms with E-state index in [4.69, 9.17) is 14.7 Å². The van der Waals surface area contributed by atoms with E-state index in [-0.39, 0.29) is 0 Å².